The second kappa shape index (κ2) is 11.1. The van der Waals surface area contributed by atoms with Gasteiger partial charge in [0.2, 0.25) is 5.91 Å². The van der Waals surface area contributed by atoms with E-state index in [9.17, 15) is 19.6 Å². The van der Waals surface area contributed by atoms with E-state index in [4.69, 9.17) is 4.74 Å². The number of nitrogens with one attached hydrogen (secondary N) is 2. The molecule has 0 unspecified atom stereocenters. The van der Waals surface area contributed by atoms with Crippen LogP contribution in [-0.2, 0) is 16.0 Å². The maximum absolute atomic E-state index is 13.8. The highest BCUT2D eigenvalue weighted by Gasteiger charge is 2.41. The number of H-pyrrole nitrogens is 1. The largest absolute Gasteiger partial charge is 0.496 e. The van der Waals surface area contributed by atoms with Crippen molar-refractivity contribution in [1.82, 2.24) is 20.2 Å². The Morgan fingerprint density at radius 3 is 2.89 bits per heavy atom. The number of ketones is 1. The predicted octanol–water partition coefficient (Wildman–Crippen LogP) is 3.41. The van der Waals surface area contributed by atoms with Crippen molar-refractivity contribution in [3.63, 3.8) is 0 Å². The highest BCUT2D eigenvalue weighted by atomic mass is 16.5. The summed E-state index contributed by atoms with van der Waals surface area (Å²) in [6, 6.07) is 11.8. The quantitative estimate of drug-likeness (QED) is 0.475. The lowest BCUT2D eigenvalue weighted by atomic mass is 9.96. The first kappa shape index (κ1) is 25.5. The van der Waals surface area contributed by atoms with E-state index in [2.05, 4.69) is 21.4 Å². The zero-order chi connectivity index (χ0) is 26.6. The van der Waals surface area contributed by atoms with Crippen LogP contribution < -0.4 is 10.1 Å². The maximum atomic E-state index is 13.8. The predicted molar refractivity (Wildman–Crippen MR) is 140 cm³/mol. The number of carbonyl (C=O) groups excluding carboxylic acids is 3. The van der Waals surface area contributed by atoms with Gasteiger partial charge < -0.3 is 19.9 Å². The van der Waals surface area contributed by atoms with Gasteiger partial charge in [0.25, 0.3) is 5.91 Å². The number of likely N-dealkylation sites (tertiary alicyclic amines) is 1. The number of carbonyl (C=O) groups is 3. The number of ether oxygens (including phenoxy) is 1. The van der Waals surface area contributed by atoms with Gasteiger partial charge in [-0.05, 0) is 67.9 Å². The summed E-state index contributed by atoms with van der Waals surface area (Å²) in [5.41, 5.74) is 2.18. The Bertz CT molecular complexity index is 1380. The molecule has 9 nitrogen and oxygen atoms in total. The standard InChI is InChI=1S/C29H31N5O4/c1-38-27-9-3-7-23-22(27)14-24(33-23)29(37)34-17-19(11-18-5-4-10-31-16-18)12-25(34)28(36)32-21(15-30)13-20-6-2-8-26(20)35/h3-5,7,9-10,14,16,19-21,25,33H,2,6,8,11-13,17H2,1H3,(H,32,36)/t19-,20+,21+,25+/m1/s1. The van der Waals surface area contributed by atoms with Gasteiger partial charge in [0.05, 0.1) is 13.2 Å². The van der Waals surface area contributed by atoms with Crippen molar-refractivity contribution in [3.8, 4) is 11.8 Å². The van der Waals surface area contributed by atoms with E-state index in [0.717, 1.165) is 29.3 Å². The summed E-state index contributed by atoms with van der Waals surface area (Å²) < 4.78 is 5.44. The lowest BCUT2D eigenvalue weighted by Gasteiger charge is -2.25. The van der Waals surface area contributed by atoms with E-state index in [0.29, 0.717) is 43.7 Å². The molecule has 5 rings (SSSR count). The number of methoxy groups -OCH3 is 1. The van der Waals surface area contributed by atoms with Crippen molar-refractivity contribution >= 4 is 28.5 Å². The molecule has 1 aliphatic carbocycles. The molecule has 2 aliphatic rings. The topological polar surface area (TPSA) is 128 Å². The minimum atomic E-state index is -0.777. The minimum absolute atomic E-state index is 0.0507. The summed E-state index contributed by atoms with van der Waals surface area (Å²) in [7, 11) is 1.58. The van der Waals surface area contributed by atoms with Crippen molar-refractivity contribution in [2.45, 2.75) is 50.6 Å². The molecule has 196 valence electrons. The number of hydrogen-bond donors (Lipinski definition) is 2. The first-order valence-electron chi connectivity index (χ1n) is 13.0. The fourth-order valence-electron chi connectivity index (χ4n) is 5.80. The third kappa shape index (κ3) is 5.25. The molecule has 0 spiro atoms. The summed E-state index contributed by atoms with van der Waals surface area (Å²) in [6.07, 6.45) is 7.08. The SMILES string of the molecule is COc1cccc2[nH]c(C(=O)N3C[C@H](Cc4cccnc4)C[C@H]3C(=O)N[C@H](C#N)C[C@@H]3CCCC3=O)cc12. The van der Waals surface area contributed by atoms with Gasteiger partial charge in [0, 0.05) is 42.2 Å². The Morgan fingerprint density at radius 1 is 1.32 bits per heavy atom. The maximum Gasteiger partial charge on any atom is 0.270 e. The molecule has 1 saturated heterocycles. The van der Waals surface area contributed by atoms with Crippen molar-refractivity contribution in [1.29, 1.82) is 5.26 Å². The number of hydrogen-bond acceptors (Lipinski definition) is 6. The average molecular weight is 514 g/mol. The molecule has 3 aromatic rings. The number of amides is 2. The van der Waals surface area contributed by atoms with E-state index in [-0.39, 0.29) is 29.4 Å². The van der Waals surface area contributed by atoms with Gasteiger partial charge in [-0.1, -0.05) is 12.1 Å². The van der Waals surface area contributed by atoms with Gasteiger partial charge in [-0.25, -0.2) is 0 Å². The number of Topliss-reactive ketones (excluding diaryl/α,β-unsaturated/α-hetero) is 1. The normalized spacial score (nSPS) is 21.8. The van der Waals surface area contributed by atoms with Crippen LogP contribution in [0.15, 0.2) is 48.8 Å². The molecule has 4 atom stereocenters. The molecule has 9 heteroatoms. The Kier molecular flexibility index (Phi) is 7.40. The lowest BCUT2D eigenvalue weighted by Crippen LogP contribution is -2.49. The average Bonchev–Trinajstić information content (AvgIpc) is 3.66. The molecule has 0 radical (unpaired) electrons. The number of fused-ring (bicyclic) bond motifs is 1. The first-order valence-corrected chi connectivity index (χ1v) is 13.0. The molecule has 1 saturated carbocycles. The summed E-state index contributed by atoms with van der Waals surface area (Å²) in [5.74, 6) is 0.0224. The van der Waals surface area contributed by atoms with Gasteiger partial charge in [-0.2, -0.15) is 5.26 Å². The molecular weight excluding hydrogens is 482 g/mol. The Hall–Kier alpha value is -4.19. The molecule has 3 heterocycles. The first-order chi connectivity index (χ1) is 18.5. The lowest BCUT2D eigenvalue weighted by molar-refractivity contribution is -0.126. The fraction of sp³-hybridized carbons (Fsp3) is 0.414. The number of aromatic nitrogens is 2. The highest BCUT2D eigenvalue weighted by molar-refractivity contribution is 6.01. The number of nitriles is 1. The summed E-state index contributed by atoms with van der Waals surface area (Å²) in [6.45, 7) is 0.399. The van der Waals surface area contributed by atoms with Crippen LogP contribution in [0.4, 0.5) is 0 Å². The minimum Gasteiger partial charge on any atom is -0.496 e. The van der Waals surface area contributed by atoms with Crippen LogP contribution in [0.25, 0.3) is 10.9 Å². The fourth-order valence-corrected chi connectivity index (χ4v) is 5.80. The van der Waals surface area contributed by atoms with E-state index in [1.165, 1.54) is 0 Å². The van der Waals surface area contributed by atoms with Crippen molar-refractivity contribution in [3.05, 3.63) is 60.0 Å². The summed E-state index contributed by atoms with van der Waals surface area (Å²) in [4.78, 5) is 48.3. The number of aromatic amines is 1. The third-order valence-corrected chi connectivity index (χ3v) is 7.70. The van der Waals surface area contributed by atoms with Crippen LogP contribution in [0.2, 0.25) is 0 Å². The Labute approximate surface area is 221 Å². The number of benzene rings is 1. The number of nitrogens with zero attached hydrogens (tertiary/aromatic N) is 3. The summed E-state index contributed by atoms with van der Waals surface area (Å²) >= 11 is 0. The summed E-state index contributed by atoms with van der Waals surface area (Å²) in [5, 5.41) is 13.3. The molecule has 1 aromatic carbocycles. The zero-order valence-electron chi connectivity index (χ0n) is 21.4. The van der Waals surface area contributed by atoms with Crippen LogP contribution in [-0.4, -0.2) is 58.2 Å². The molecular formula is C29H31N5O4. The van der Waals surface area contributed by atoms with Gasteiger partial charge >= 0.3 is 0 Å². The molecule has 1 aliphatic heterocycles. The molecule has 38 heavy (non-hydrogen) atoms. The van der Waals surface area contributed by atoms with Crippen LogP contribution >= 0.6 is 0 Å². The van der Waals surface area contributed by atoms with Crippen LogP contribution in [0, 0.1) is 23.2 Å². The molecule has 2 N–H and O–H groups in total. The second-order valence-corrected chi connectivity index (χ2v) is 10.2. The van der Waals surface area contributed by atoms with Crippen LogP contribution in [0.1, 0.15) is 48.2 Å². The Morgan fingerprint density at radius 2 is 2.18 bits per heavy atom. The highest BCUT2D eigenvalue weighted by Crippen LogP contribution is 2.31. The van der Waals surface area contributed by atoms with E-state index >= 15 is 0 Å². The number of pyridine rings is 1. The van der Waals surface area contributed by atoms with E-state index < -0.39 is 12.1 Å². The van der Waals surface area contributed by atoms with Crippen LogP contribution in [0.3, 0.4) is 0 Å². The number of rotatable bonds is 8. The molecule has 0 bridgehead atoms. The van der Waals surface area contributed by atoms with Gasteiger partial charge in [-0.15, -0.1) is 0 Å². The Balaban J connectivity index is 1.37. The monoisotopic (exact) mass is 513 g/mol. The van der Waals surface area contributed by atoms with E-state index in [1.807, 2.05) is 30.3 Å². The smallest absolute Gasteiger partial charge is 0.270 e. The van der Waals surface area contributed by atoms with Gasteiger partial charge in [0.15, 0.2) is 0 Å². The third-order valence-electron chi connectivity index (χ3n) is 7.70. The molecule has 2 fully saturated rings. The van der Waals surface area contributed by atoms with Gasteiger partial charge in [0.1, 0.15) is 29.3 Å². The van der Waals surface area contributed by atoms with Crippen LogP contribution in [0.5, 0.6) is 5.75 Å². The zero-order valence-corrected chi connectivity index (χ0v) is 21.4. The molecule has 2 amide bonds. The van der Waals surface area contributed by atoms with Crippen molar-refractivity contribution in [2.75, 3.05) is 13.7 Å². The van der Waals surface area contributed by atoms with Crippen molar-refractivity contribution < 1.29 is 19.1 Å². The van der Waals surface area contributed by atoms with Gasteiger partial charge in [-0.3, -0.25) is 19.4 Å². The second-order valence-electron chi connectivity index (χ2n) is 10.2. The van der Waals surface area contributed by atoms with E-state index in [1.54, 1.807) is 30.5 Å². The van der Waals surface area contributed by atoms with Crippen molar-refractivity contribution in [2.24, 2.45) is 11.8 Å². The molecule has 2 aromatic heterocycles.